The molecule has 0 unspecified atom stereocenters. The Bertz CT molecular complexity index is 578. The Morgan fingerprint density at radius 3 is 0.585 bits per heavy atom. The van der Waals surface area contributed by atoms with E-state index in [4.69, 9.17) is 61.6 Å². The molecule has 0 saturated heterocycles. The van der Waals surface area contributed by atoms with E-state index in [1.165, 1.54) is 64.2 Å². The summed E-state index contributed by atoms with van der Waals surface area (Å²) in [6, 6.07) is 0. The molecule has 0 spiro atoms. The lowest BCUT2D eigenvalue weighted by Crippen LogP contribution is -2.15. The fraction of sp³-hybridized carbons (Fsp3) is 1.00. The highest BCUT2D eigenvalue weighted by Crippen LogP contribution is 2.11. The fourth-order valence-corrected chi connectivity index (χ4v) is 4.66. The van der Waals surface area contributed by atoms with Crippen LogP contribution >= 0.6 is 0 Å². The number of ether oxygens (including phenoxy) is 13. The van der Waals surface area contributed by atoms with Crippen LogP contribution in [0, 0.1) is 0 Å². The maximum Gasteiger partial charge on any atom is 0.113 e. The molecule has 0 bridgehead atoms. The summed E-state index contributed by atoms with van der Waals surface area (Å²) in [6.45, 7) is 15.0. The number of rotatable bonds is 50. The summed E-state index contributed by atoms with van der Waals surface area (Å²) in [5, 5.41) is 0. The molecule has 0 fully saturated rings. The van der Waals surface area contributed by atoms with Crippen molar-refractivity contribution in [2.45, 2.75) is 77.6 Å². The Labute approximate surface area is 321 Å². The minimum absolute atomic E-state index is 0.114. The zero-order valence-electron chi connectivity index (χ0n) is 33.6. The topological polar surface area (TPSA) is 120 Å². The normalized spacial score (nSPS) is 11.7. The van der Waals surface area contributed by atoms with Crippen LogP contribution in [-0.4, -0.2) is 178 Å². The van der Waals surface area contributed by atoms with Gasteiger partial charge >= 0.3 is 0 Å². The summed E-state index contributed by atoms with van der Waals surface area (Å²) in [6.07, 6.45) is 14.8. The summed E-state index contributed by atoms with van der Waals surface area (Å²) in [5.41, 5.74) is 0. The second kappa shape index (κ2) is 51.4. The van der Waals surface area contributed by atoms with E-state index in [9.17, 15) is 4.39 Å². The second-order valence-corrected chi connectivity index (χ2v) is 12.2. The Balaban J connectivity index is 3.05. The summed E-state index contributed by atoms with van der Waals surface area (Å²) in [4.78, 5) is 0. The van der Waals surface area contributed by atoms with Gasteiger partial charge in [0.05, 0.1) is 165 Å². The van der Waals surface area contributed by atoms with Crippen molar-refractivity contribution in [1.82, 2.24) is 0 Å². The van der Waals surface area contributed by atoms with Gasteiger partial charge in [-0.3, -0.25) is 0 Å². The molecule has 0 aromatic rings. The van der Waals surface area contributed by atoms with Crippen molar-refractivity contribution >= 4 is 0 Å². The van der Waals surface area contributed by atoms with Crippen LogP contribution in [0.5, 0.6) is 0 Å². The van der Waals surface area contributed by atoms with E-state index in [0.717, 1.165) is 13.0 Å². The van der Waals surface area contributed by atoms with E-state index in [2.05, 4.69) is 6.92 Å². The molecule has 0 saturated carbocycles. The minimum atomic E-state index is -0.474. The standard InChI is InChI=1S/C39H79FO13/c1-2-3-4-5-6-7-8-9-10-11-12-14-41-16-18-43-20-22-45-24-26-47-28-30-49-32-34-51-36-38-53-39-37-52-35-33-50-31-29-48-27-25-46-23-21-44-19-17-42-15-13-40/h2-39H2,1H3. The number of hydrogen-bond acceptors (Lipinski definition) is 13. The molecule has 0 rings (SSSR count). The lowest BCUT2D eigenvalue weighted by atomic mass is 10.1. The molecule has 0 aliphatic carbocycles. The Kier molecular flexibility index (Phi) is 50.8. The first-order valence-electron chi connectivity index (χ1n) is 20.5. The molecule has 14 heteroatoms. The largest absolute Gasteiger partial charge is 0.379 e. The van der Waals surface area contributed by atoms with E-state index in [1.807, 2.05) is 0 Å². The Morgan fingerprint density at radius 2 is 0.377 bits per heavy atom. The zero-order valence-corrected chi connectivity index (χ0v) is 33.6. The third kappa shape index (κ3) is 51.4. The van der Waals surface area contributed by atoms with Gasteiger partial charge in [0.1, 0.15) is 6.67 Å². The Morgan fingerprint density at radius 1 is 0.208 bits per heavy atom. The number of unbranched alkanes of at least 4 members (excludes halogenated alkanes) is 10. The smallest absolute Gasteiger partial charge is 0.113 e. The van der Waals surface area contributed by atoms with Crippen LogP contribution in [0.2, 0.25) is 0 Å². The average molecular weight is 775 g/mol. The first-order valence-corrected chi connectivity index (χ1v) is 20.5. The highest BCUT2D eigenvalue weighted by Gasteiger charge is 1.98. The SMILES string of the molecule is CCCCCCCCCCCCCOCCOCCOCCOCCOCCOCCOCCOCCOCCOCCOCCOCCOCCF. The van der Waals surface area contributed by atoms with Gasteiger partial charge in [-0.1, -0.05) is 71.1 Å². The first-order chi connectivity index (χ1) is 26.4. The molecular weight excluding hydrogens is 695 g/mol. The van der Waals surface area contributed by atoms with Crippen LogP contribution < -0.4 is 0 Å². The molecular formula is C39H79FO13. The summed E-state index contributed by atoms with van der Waals surface area (Å²) in [7, 11) is 0. The van der Waals surface area contributed by atoms with Crippen molar-refractivity contribution in [1.29, 1.82) is 0 Å². The molecule has 0 N–H and O–H groups in total. The lowest BCUT2D eigenvalue weighted by Gasteiger charge is -2.09. The van der Waals surface area contributed by atoms with E-state index in [0.29, 0.717) is 159 Å². The monoisotopic (exact) mass is 775 g/mol. The predicted octanol–water partition coefficient (Wildman–Crippen LogP) is 5.48. The van der Waals surface area contributed by atoms with Gasteiger partial charge < -0.3 is 61.6 Å². The third-order valence-electron chi connectivity index (χ3n) is 7.58. The first kappa shape index (κ1) is 52.4. The molecule has 53 heavy (non-hydrogen) atoms. The van der Waals surface area contributed by atoms with Crippen molar-refractivity contribution in [3.8, 4) is 0 Å². The van der Waals surface area contributed by atoms with Crippen molar-refractivity contribution in [2.75, 3.05) is 178 Å². The van der Waals surface area contributed by atoms with Crippen molar-refractivity contribution in [2.24, 2.45) is 0 Å². The van der Waals surface area contributed by atoms with Gasteiger partial charge in [0.2, 0.25) is 0 Å². The molecule has 13 nitrogen and oxygen atoms in total. The van der Waals surface area contributed by atoms with Gasteiger partial charge in [0, 0.05) is 6.61 Å². The quantitative estimate of drug-likeness (QED) is 0.0727. The second-order valence-electron chi connectivity index (χ2n) is 12.2. The van der Waals surface area contributed by atoms with Crippen molar-refractivity contribution in [3.05, 3.63) is 0 Å². The van der Waals surface area contributed by atoms with Crippen molar-refractivity contribution in [3.63, 3.8) is 0 Å². The van der Waals surface area contributed by atoms with E-state index in [-0.39, 0.29) is 6.61 Å². The molecule has 0 aromatic carbocycles. The Hall–Kier alpha value is -0.590. The average Bonchev–Trinajstić information content (AvgIpc) is 3.17. The van der Waals surface area contributed by atoms with E-state index >= 15 is 0 Å². The fourth-order valence-electron chi connectivity index (χ4n) is 4.66. The van der Waals surface area contributed by atoms with E-state index < -0.39 is 6.67 Å². The lowest BCUT2D eigenvalue weighted by molar-refractivity contribution is -0.0291. The molecule has 320 valence electrons. The number of halogens is 1. The van der Waals surface area contributed by atoms with Crippen LogP contribution in [-0.2, 0) is 61.6 Å². The highest BCUT2D eigenvalue weighted by atomic mass is 19.1. The molecule has 0 radical (unpaired) electrons. The molecule has 0 aliphatic rings. The van der Waals surface area contributed by atoms with Gasteiger partial charge in [-0.15, -0.1) is 0 Å². The van der Waals surface area contributed by atoms with Gasteiger partial charge in [0.25, 0.3) is 0 Å². The predicted molar refractivity (Wildman–Crippen MR) is 203 cm³/mol. The minimum Gasteiger partial charge on any atom is -0.379 e. The maximum absolute atomic E-state index is 11.8. The van der Waals surface area contributed by atoms with E-state index in [1.54, 1.807) is 0 Å². The maximum atomic E-state index is 11.8. The molecule has 0 amide bonds. The highest BCUT2D eigenvalue weighted by molar-refractivity contribution is 4.48. The number of hydrogen-bond donors (Lipinski definition) is 0. The molecule has 0 atom stereocenters. The van der Waals surface area contributed by atoms with Gasteiger partial charge in [0.15, 0.2) is 0 Å². The molecule has 0 heterocycles. The van der Waals surface area contributed by atoms with Gasteiger partial charge in [-0.25, -0.2) is 4.39 Å². The van der Waals surface area contributed by atoms with Gasteiger partial charge in [-0.05, 0) is 6.42 Å². The summed E-state index contributed by atoms with van der Waals surface area (Å²) >= 11 is 0. The summed E-state index contributed by atoms with van der Waals surface area (Å²) < 4.78 is 82.6. The third-order valence-corrected chi connectivity index (χ3v) is 7.58. The molecule has 0 aliphatic heterocycles. The van der Waals surface area contributed by atoms with Gasteiger partial charge in [-0.2, -0.15) is 0 Å². The van der Waals surface area contributed by atoms with Crippen LogP contribution in [0.15, 0.2) is 0 Å². The van der Waals surface area contributed by atoms with Crippen LogP contribution in [0.25, 0.3) is 0 Å². The van der Waals surface area contributed by atoms with Crippen LogP contribution in [0.1, 0.15) is 77.6 Å². The summed E-state index contributed by atoms with van der Waals surface area (Å²) in [5.74, 6) is 0. The van der Waals surface area contributed by atoms with Crippen molar-refractivity contribution < 1.29 is 66.0 Å². The van der Waals surface area contributed by atoms with Crippen LogP contribution in [0.4, 0.5) is 4.39 Å². The van der Waals surface area contributed by atoms with Crippen LogP contribution in [0.3, 0.4) is 0 Å². The number of alkyl halides is 1. The molecule has 0 aromatic heterocycles. The zero-order chi connectivity index (χ0) is 38.1.